The van der Waals surface area contributed by atoms with Crippen molar-refractivity contribution in [2.45, 2.75) is 32.4 Å². The fourth-order valence-corrected chi connectivity index (χ4v) is 1.94. The molecule has 0 aliphatic carbocycles. The highest BCUT2D eigenvalue weighted by Crippen LogP contribution is 2.10. The number of benzene rings is 1. The zero-order valence-corrected chi connectivity index (χ0v) is 12.8. The predicted molar refractivity (Wildman–Crippen MR) is 85.9 cm³/mol. The van der Waals surface area contributed by atoms with Crippen LogP contribution in [-0.4, -0.2) is 30.6 Å². The number of aliphatic hydroxyl groups is 1. The molecule has 5 heteroatoms. The van der Waals surface area contributed by atoms with E-state index in [9.17, 15) is 4.79 Å². The quantitative estimate of drug-likeness (QED) is 0.522. The first-order chi connectivity index (χ1) is 10.1. The van der Waals surface area contributed by atoms with E-state index in [0.717, 1.165) is 36.3 Å². The Kier molecular flexibility index (Phi) is 7.50. The molecule has 1 rings (SSSR count). The highest BCUT2D eigenvalue weighted by atomic mass is 16.3. The fraction of sp³-hybridized carbons (Fsp3) is 0.438. The van der Waals surface area contributed by atoms with Crippen molar-refractivity contribution in [1.29, 1.82) is 0 Å². The van der Waals surface area contributed by atoms with E-state index in [2.05, 4.69) is 22.5 Å². The molecular weight excluding hydrogens is 266 g/mol. The highest BCUT2D eigenvalue weighted by molar-refractivity contribution is 5.94. The number of rotatable bonds is 9. The van der Waals surface area contributed by atoms with Crippen molar-refractivity contribution in [3.8, 4) is 0 Å². The summed E-state index contributed by atoms with van der Waals surface area (Å²) in [6, 6.07) is 6.94. The standard InChI is InChI=1S/C16H25N3O2/c1-12(2)18-10-4-5-15(17-3)16(21)19-14-8-6-13(11-20)7-9-14/h6-9,15,17-18,20H,1,4-5,10-11H2,2-3H3,(H,19,21). The van der Waals surface area contributed by atoms with Crippen LogP contribution in [0.2, 0.25) is 0 Å². The van der Waals surface area contributed by atoms with Crippen LogP contribution in [0.1, 0.15) is 25.3 Å². The Morgan fingerprint density at radius 3 is 2.52 bits per heavy atom. The summed E-state index contributed by atoms with van der Waals surface area (Å²) in [6.07, 6.45) is 1.63. The molecule has 5 nitrogen and oxygen atoms in total. The molecule has 0 aromatic heterocycles. The summed E-state index contributed by atoms with van der Waals surface area (Å²) in [4.78, 5) is 12.2. The molecule has 0 aliphatic rings. The number of aliphatic hydroxyl groups excluding tert-OH is 1. The van der Waals surface area contributed by atoms with Gasteiger partial charge in [0.2, 0.25) is 5.91 Å². The van der Waals surface area contributed by atoms with E-state index in [1.165, 1.54) is 0 Å². The van der Waals surface area contributed by atoms with Gasteiger partial charge in [0.05, 0.1) is 12.6 Å². The molecule has 1 aromatic carbocycles. The number of hydrogen-bond donors (Lipinski definition) is 4. The van der Waals surface area contributed by atoms with Gasteiger partial charge in [-0.1, -0.05) is 18.7 Å². The molecule has 0 spiro atoms. The van der Waals surface area contributed by atoms with Gasteiger partial charge in [0.15, 0.2) is 0 Å². The van der Waals surface area contributed by atoms with E-state index in [-0.39, 0.29) is 18.6 Å². The predicted octanol–water partition coefficient (Wildman–Crippen LogP) is 1.61. The first-order valence-corrected chi connectivity index (χ1v) is 7.14. The third kappa shape index (κ3) is 6.42. The average molecular weight is 291 g/mol. The van der Waals surface area contributed by atoms with E-state index in [1.807, 2.05) is 6.92 Å². The van der Waals surface area contributed by atoms with Crippen molar-refractivity contribution < 1.29 is 9.90 Å². The smallest absolute Gasteiger partial charge is 0.241 e. The second-order valence-electron chi connectivity index (χ2n) is 5.03. The van der Waals surface area contributed by atoms with Crippen LogP contribution >= 0.6 is 0 Å². The minimum Gasteiger partial charge on any atom is -0.392 e. The number of allylic oxidation sites excluding steroid dienone is 1. The van der Waals surface area contributed by atoms with Gasteiger partial charge in [-0.15, -0.1) is 0 Å². The molecule has 0 fully saturated rings. The lowest BCUT2D eigenvalue weighted by Crippen LogP contribution is -2.38. The fourth-order valence-electron chi connectivity index (χ4n) is 1.94. The molecule has 0 saturated heterocycles. The maximum atomic E-state index is 12.2. The van der Waals surface area contributed by atoms with Crippen molar-refractivity contribution in [1.82, 2.24) is 10.6 Å². The van der Waals surface area contributed by atoms with Crippen LogP contribution in [0.25, 0.3) is 0 Å². The Labute approximate surface area is 126 Å². The third-order valence-electron chi connectivity index (χ3n) is 3.17. The number of likely N-dealkylation sites (N-methyl/N-ethyl adjacent to an activating group) is 1. The summed E-state index contributed by atoms with van der Waals surface area (Å²) in [7, 11) is 1.78. The van der Waals surface area contributed by atoms with Gasteiger partial charge in [-0.25, -0.2) is 0 Å². The maximum absolute atomic E-state index is 12.2. The maximum Gasteiger partial charge on any atom is 0.241 e. The molecule has 116 valence electrons. The molecule has 1 atom stereocenters. The Balaban J connectivity index is 2.44. The number of anilines is 1. The summed E-state index contributed by atoms with van der Waals surface area (Å²) in [5.74, 6) is -0.0513. The van der Waals surface area contributed by atoms with Crippen LogP contribution < -0.4 is 16.0 Å². The minimum atomic E-state index is -0.227. The second-order valence-corrected chi connectivity index (χ2v) is 5.03. The first kappa shape index (κ1) is 17.2. The normalized spacial score (nSPS) is 11.8. The van der Waals surface area contributed by atoms with E-state index in [1.54, 1.807) is 31.3 Å². The van der Waals surface area contributed by atoms with Crippen LogP contribution in [0.5, 0.6) is 0 Å². The van der Waals surface area contributed by atoms with Gasteiger partial charge in [0.25, 0.3) is 0 Å². The van der Waals surface area contributed by atoms with Gasteiger partial charge in [0.1, 0.15) is 0 Å². The number of carbonyl (C=O) groups excluding carboxylic acids is 1. The lowest BCUT2D eigenvalue weighted by Gasteiger charge is -2.16. The van der Waals surface area contributed by atoms with Gasteiger partial charge < -0.3 is 21.1 Å². The summed E-state index contributed by atoms with van der Waals surface area (Å²) < 4.78 is 0. The van der Waals surface area contributed by atoms with Crippen LogP contribution in [0, 0.1) is 0 Å². The highest BCUT2D eigenvalue weighted by Gasteiger charge is 2.15. The van der Waals surface area contributed by atoms with Crippen molar-refractivity contribution >= 4 is 11.6 Å². The number of carbonyl (C=O) groups is 1. The molecule has 0 saturated carbocycles. The number of amides is 1. The average Bonchev–Trinajstić information content (AvgIpc) is 2.47. The Bertz CT molecular complexity index is 457. The molecule has 0 bridgehead atoms. The molecular formula is C16H25N3O2. The van der Waals surface area contributed by atoms with Gasteiger partial charge in [0, 0.05) is 17.9 Å². The Hall–Kier alpha value is -1.85. The zero-order valence-electron chi connectivity index (χ0n) is 12.8. The van der Waals surface area contributed by atoms with Crippen LogP contribution in [0.4, 0.5) is 5.69 Å². The molecule has 4 N–H and O–H groups in total. The Morgan fingerprint density at radius 2 is 2.00 bits per heavy atom. The molecule has 1 aromatic rings. The van der Waals surface area contributed by atoms with Gasteiger partial charge in [-0.2, -0.15) is 0 Å². The SMILES string of the molecule is C=C(C)NCCCC(NC)C(=O)Nc1ccc(CO)cc1. The van der Waals surface area contributed by atoms with Crippen LogP contribution in [-0.2, 0) is 11.4 Å². The van der Waals surface area contributed by atoms with Crippen LogP contribution in [0.3, 0.4) is 0 Å². The molecule has 0 aliphatic heterocycles. The van der Waals surface area contributed by atoms with Gasteiger partial charge in [-0.05, 0) is 44.5 Å². The molecule has 1 amide bonds. The van der Waals surface area contributed by atoms with E-state index in [0.29, 0.717) is 0 Å². The summed E-state index contributed by atoms with van der Waals surface area (Å²) in [5.41, 5.74) is 2.49. The van der Waals surface area contributed by atoms with E-state index < -0.39 is 0 Å². The zero-order chi connectivity index (χ0) is 15.7. The molecule has 1 unspecified atom stereocenters. The monoisotopic (exact) mass is 291 g/mol. The summed E-state index contributed by atoms with van der Waals surface area (Å²) >= 11 is 0. The van der Waals surface area contributed by atoms with Crippen molar-refractivity contribution in [2.75, 3.05) is 18.9 Å². The third-order valence-corrected chi connectivity index (χ3v) is 3.17. The Morgan fingerprint density at radius 1 is 1.33 bits per heavy atom. The lowest BCUT2D eigenvalue weighted by molar-refractivity contribution is -0.118. The van der Waals surface area contributed by atoms with Gasteiger partial charge >= 0.3 is 0 Å². The first-order valence-electron chi connectivity index (χ1n) is 7.14. The summed E-state index contributed by atoms with van der Waals surface area (Å²) in [5, 5.41) is 18.0. The van der Waals surface area contributed by atoms with Crippen molar-refractivity contribution in [3.63, 3.8) is 0 Å². The van der Waals surface area contributed by atoms with Gasteiger partial charge in [-0.3, -0.25) is 4.79 Å². The van der Waals surface area contributed by atoms with Crippen molar-refractivity contribution in [2.24, 2.45) is 0 Å². The van der Waals surface area contributed by atoms with Crippen LogP contribution in [0.15, 0.2) is 36.5 Å². The minimum absolute atomic E-state index is 0.00306. The van der Waals surface area contributed by atoms with E-state index in [4.69, 9.17) is 5.11 Å². The second kappa shape index (κ2) is 9.15. The molecule has 0 heterocycles. The largest absolute Gasteiger partial charge is 0.392 e. The van der Waals surface area contributed by atoms with E-state index >= 15 is 0 Å². The summed E-state index contributed by atoms with van der Waals surface area (Å²) in [6.45, 7) is 6.50. The lowest BCUT2D eigenvalue weighted by atomic mass is 10.1. The topological polar surface area (TPSA) is 73.4 Å². The van der Waals surface area contributed by atoms with Crippen molar-refractivity contribution in [3.05, 3.63) is 42.1 Å². The number of nitrogens with one attached hydrogen (secondary N) is 3. The molecule has 0 radical (unpaired) electrons. The molecule has 21 heavy (non-hydrogen) atoms. The number of hydrogen-bond acceptors (Lipinski definition) is 4.